The highest BCUT2D eigenvalue weighted by Crippen LogP contribution is 2.32. The molecule has 2 unspecified atom stereocenters. The van der Waals surface area contributed by atoms with Crippen LogP contribution >= 0.6 is 11.8 Å². The zero-order valence-corrected chi connectivity index (χ0v) is 19.9. The summed E-state index contributed by atoms with van der Waals surface area (Å²) in [7, 11) is -2.37. The molecule has 1 fully saturated rings. The molecule has 2 atom stereocenters. The molecule has 0 radical (unpaired) electrons. The second-order valence-electron chi connectivity index (χ2n) is 7.91. The maximum atomic E-state index is 13.4. The number of piperidine rings is 1. The van der Waals surface area contributed by atoms with Gasteiger partial charge in [-0.05, 0) is 54.3 Å². The second-order valence-corrected chi connectivity index (χ2v) is 11.1. The molecule has 7 nitrogen and oxygen atoms in total. The number of rotatable bonds is 7. The van der Waals surface area contributed by atoms with Crippen LogP contribution in [0.3, 0.4) is 0 Å². The summed E-state index contributed by atoms with van der Waals surface area (Å²) < 4.78 is 33.6. The van der Waals surface area contributed by atoms with E-state index in [1.165, 1.54) is 23.5 Å². The Morgan fingerprint density at radius 2 is 1.94 bits per heavy atom. The second kappa shape index (κ2) is 10.0. The highest BCUT2D eigenvalue weighted by Gasteiger charge is 2.34. The van der Waals surface area contributed by atoms with E-state index < -0.39 is 15.9 Å². The number of carbonyl (C=O) groups is 1. The number of methoxy groups -OCH3 is 1. The molecule has 0 spiro atoms. The molecule has 1 aromatic carbocycles. The molecule has 0 aliphatic carbocycles. The predicted octanol–water partition coefficient (Wildman–Crippen LogP) is 4.12. The van der Waals surface area contributed by atoms with Crippen LogP contribution in [0.4, 0.5) is 5.69 Å². The fourth-order valence-electron chi connectivity index (χ4n) is 3.85. The molecule has 168 valence electrons. The summed E-state index contributed by atoms with van der Waals surface area (Å²) in [6, 6.07) is 8.09. The van der Waals surface area contributed by atoms with Gasteiger partial charge in [0.05, 0.1) is 24.0 Å². The number of carbonyl (C=O) groups excluding carboxylic acids is 1. The summed E-state index contributed by atoms with van der Waals surface area (Å²) in [6.45, 7) is 7.07. The van der Waals surface area contributed by atoms with Crippen molar-refractivity contribution in [1.29, 1.82) is 0 Å². The van der Waals surface area contributed by atoms with Crippen LogP contribution in [0.15, 0.2) is 46.5 Å². The number of thioether (sulfide) groups is 1. The number of sulfonamides is 1. The highest BCUT2D eigenvalue weighted by molar-refractivity contribution is 7.99. The first kappa shape index (κ1) is 23.6. The van der Waals surface area contributed by atoms with Gasteiger partial charge < -0.3 is 10.1 Å². The Bertz CT molecular complexity index is 1020. The molecule has 1 saturated heterocycles. The van der Waals surface area contributed by atoms with Crippen molar-refractivity contribution >= 4 is 33.4 Å². The van der Waals surface area contributed by atoms with E-state index >= 15 is 0 Å². The average Bonchev–Trinajstić information content (AvgIpc) is 2.74. The van der Waals surface area contributed by atoms with Crippen molar-refractivity contribution in [3.63, 3.8) is 0 Å². The van der Waals surface area contributed by atoms with Crippen LogP contribution in [-0.2, 0) is 10.0 Å². The Labute approximate surface area is 188 Å². The lowest BCUT2D eigenvalue weighted by Crippen LogP contribution is -2.42. The number of ether oxygens (including phenoxy) is 1. The van der Waals surface area contributed by atoms with Crippen molar-refractivity contribution in [1.82, 2.24) is 9.29 Å². The minimum Gasteiger partial charge on any atom is -0.495 e. The number of nitrogens with one attached hydrogen (secondary N) is 1. The SMILES string of the molecule is CCSc1ccc(NC(=O)c2ccc(OC)c(S(=O)(=O)N3CC(C)CC(C)C3)c2)cn1. The van der Waals surface area contributed by atoms with Crippen LogP contribution in [0.1, 0.15) is 37.6 Å². The molecule has 1 aromatic heterocycles. The summed E-state index contributed by atoms with van der Waals surface area (Å²) in [6.07, 6.45) is 2.59. The Hall–Kier alpha value is -2.10. The Balaban J connectivity index is 1.86. The summed E-state index contributed by atoms with van der Waals surface area (Å²) >= 11 is 1.61. The van der Waals surface area contributed by atoms with E-state index in [4.69, 9.17) is 4.74 Å². The van der Waals surface area contributed by atoms with Crippen molar-refractivity contribution in [2.45, 2.75) is 37.1 Å². The normalized spacial score (nSPS) is 19.7. The Morgan fingerprint density at radius 3 is 2.52 bits per heavy atom. The van der Waals surface area contributed by atoms with Gasteiger partial charge in [-0.2, -0.15) is 4.31 Å². The summed E-state index contributed by atoms with van der Waals surface area (Å²) in [4.78, 5) is 17.1. The number of benzene rings is 1. The van der Waals surface area contributed by atoms with Crippen LogP contribution in [0, 0.1) is 11.8 Å². The third-order valence-corrected chi connectivity index (χ3v) is 7.84. The van der Waals surface area contributed by atoms with E-state index in [2.05, 4.69) is 24.1 Å². The molecule has 3 rings (SSSR count). The van der Waals surface area contributed by atoms with Crippen LogP contribution in [-0.4, -0.2) is 49.6 Å². The standard InChI is InChI=1S/C22H29N3O4S2/c1-5-30-21-9-7-18(12-23-21)24-22(26)17-6-8-19(29-4)20(11-17)31(27,28)25-13-15(2)10-16(3)14-25/h6-9,11-12,15-16H,5,10,13-14H2,1-4H3,(H,24,26). The fraction of sp³-hybridized carbons (Fsp3) is 0.455. The molecule has 1 aliphatic rings. The molecule has 1 amide bonds. The lowest BCUT2D eigenvalue weighted by atomic mass is 9.94. The first-order valence-electron chi connectivity index (χ1n) is 10.3. The van der Waals surface area contributed by atoms with Crippen LogP contribution in [0.2, 0.25) is 0 Å². The number of hydrogen-bond acceptors (Lipinski definition) is 6. The smallest absolute Gasteiger partial charge is 0.255 e. The van der Waals surface area contributed by atoms with Gasteiger partial charge in [-0.3, -0.25) is 4.79 Å². The van der Waals surface area contributed by atoms with Crippen molar-refractivity contribution in [2.75, 3.05) is 31.3 Å². The molecule has 1 aliphatic heterocycles. The fourth-order valence-corrected chi connectivity index (χ4v) is 6.30. The number of anilines is 1. The average molecular weight is 464 g/mol. The molecular formula is C22H29N3O4S2. The molecule has 0 saturated carbocycles. The lowest BCUT2D eigenvalue weighted by molar-refractivity contribution is 0.102. The van der Waals surface area contributed by atoms with Gasteiger partial charge in [0.25, 0.3) is 5.91 Å². The van der Waals surface area contributed by atoms with E-state index in [0.29, 0.717) is 18.8 Å². The van der Waals surface area contributed by atoms with Gasteiger partial charge in [-0.1, -0.05) is 20.8 Å². The molecule has 0 bridgehead atoms. The third kappa shape index (κ3) is 5.58. The number of aromatic nitrogens is 1. The maximum Gasteiger partial charge on any atom is 0.255 e. The molecular weight excluding hydrogens is 434 g/mol. The third-order valence-electron chi connectivity index (χ3n) is 5.17. The maximum absolute atomic E-state index is 13.4. The van der Waals surface area contributed by atoms with Crippen LogP contribution < -0.4 is 10.1 Å². The number of hydrogen-bond donors (Lipinski definition) is 1. The number of pyridine rings is 1. The first-order chi connectivity index (χ1) is 14.7. The Morgan fingerprint density at radius 1 is 1.23 bits per heavy atom. The van der Waals surface area contributed by atoms with Crippen molar-refractivity contribution in [2.24, 2.45) is 11.8 Å². The highest BCUT2D eigenvalue weighted by atomic mass is 32.2. The summed E-state index contributed by atoms with van der Waals surface area (Å²) in [5.74, 6) is 1.29. The summed E-state index contributed by atoms with van der Waals surface area (Å²) in [5, 5.41) is 3.66. The monoisotopic (exact) mass is 463 g/mol. The zero-order valence-electron chi connectivity index (χ0n) is 18.3. The van der Waals surface area contributed by atoms with E-state index in [9.17, 15) is 13.2 Å². The Kier molecular flexibility index (Phi) is 7.61. The quantitative estimate of drug-likeness (QED) is 0.622. The summed E-state index contributed by atoms with van der Waals surface area (Å²) in [5.41, 5.74) is 0.786. The van der Waals surface area contributed by atoms with Gasteiger partial charge in [0.2, 0.25) is 10.0 Å². The minimum atomic E-state index is -3.80. The van der Waals surface area contributed by atoms with Gasteiger partial charge in [0.1, 0.15) is 10.6 Å². The predicted molar refractivity (Wildman–Crippen MR) is 123 cm³/mol. The van der Waals surface area contributed by atoms with Crippen LogP contribution in [0.25, 0.3) is 0 Å². The minimum absolute atomic E-state index is 0.0109. The van der Waals surface area contributed by atoms with Gasteiger partial charge in [0.15, 0.2) is 0 Å². The van der Waals surface area contributed by atoms with E-state index in [0.717, 1.165) is 17.2 Å². The molecule has 9 heteroatoms. The van der Waals surface area contributed by atoms with E-state index in [1.54, 1.807) is 30.1 Å². The largest absolute Gasteiger partial charge is 0.495 e. The molecule has 1 N–H and O–H groups in total. The van der Waals surface area contributed by atoms with Crippen molar-refractivity contribution in [3.05, 3.63) is 42.1 Å². The van der Waals surface area contributed by atoms with Crippen molar-refractivity contribution < 1.29 is 17.9 Å². The topological polar surface area (TPSA) is 88.6 Å². The van der Waals surface area contributed by atoms with E-state index in [-0.39, 0.29) is 28.0 Å². The van der Waals surface area contributed by atoms with Gasteiger partial charge in [-0.15, -0.1) is 11.8 Å². The van der Waals surface area contributed by atoms with E-state index in [1.807, 2.05) is 13.0 Å². The van der Waals surface area contributed by atoms with Gasteiger partial charge in [0, 0.05) is 18.7 Å². The zero-order chi connectivity index (χ0) is 22.6. The van der Waals surface area contributed by atoms with Gasteiger partial charge in [-0.25, -0.2) is 13.4 Å². The number of amides is 1. The molecule has 31 heavy (non-hydrogen) atoms. The van der Waals surface area contributed by atoms with Crippen molar-refractivity contribution in [3.8, 4) is 5.75 Å². The first-order valence-corrected chi connectivity index (χ1v) is 12.8. The van der Waals surface area contributed by atoms with Gasteiger partial charge >= 0.3 is 0 Å². The lowest BCUT2D eigenvalue weighted by Gasteiger charge is -2.34. The van der Waals surface area contributed by atoms with Crippen LogP contribution in [0.5, 0.6) is 5.75 Å². The number of nitrogens with zero attached hydrogens (tertiary/aromatic N) is 2. The molecule has 2 aromatic rings. The molecule has 2 heterocycles.